The molecule has 2 rings (SSSR count). The van der Waals surface area contributed by atoms with E-state index in [4.69, 9.17) is 4.74 Å². The van der Waals surface area contributed by atoms with Gasteiger partial charge in [-0.25, -0.2) is 0 Å². The van der Waals surface area contributed by atoms with Crippen molar-refractivity contribution in [2.75, 3.05) is 6.61 Å². The van der Waals surface area contributed by atoms with Gasteiger partial charge in [-0.3, -0.25) is 0 Å². The van der Waals surface area contributed by atoms with Crippen LogP contribution in [0.4, 0.5) is 0 Å². The van der Waals surface area contributed by atoms with E-state index in [2.05, 4.69) is 6.92 Å². The van der Waals surface area contributed by atoms with E-state index < -0.39 is 0 Å². The molecule has 1 saturated heterocycles. The maximum atomic E-state index is 10.3. The van der Waals surface area contributed by atoms with Crippen LogP contribution in [0.2, 0.25) is 0 Å². The number of hydrogen-bond donors (Lipinski definition) is 1. The second-order valence-corrected chi connectivity index (χ2v) is 5.98. The number of aliphatic hydroxyl groups excluding tert-OH is 1. The van der Waals surface area contributed by atoms with Gasteiger partial charge in [0.1, 0.15) is 0 Å². The Kier molecular flexibility index (Phi) is 5.30. The predicted octanol–water partition coefficient (Wildman–Crippen LogP) is 3.52. The van der Waals surface area contributed by atoms with Crippen molar-refractivity contribution < 1.29 is 9.84 Å². The fourth-order valence-electron chi connectivity index (χ4n) is 3.44. The Balaban J connectivity index is 1.70. The third kappa shape index (κ3) is 3.96. The Labute approximate surface area is 106 Å². The molecule has 2 heteroatoms. The van der Waals surface area contributed by atoms with Crippen LogP contribution in [0, 0.1) is 11.8 Å². The molecule has 17 heavy (non-hydrogen) atoms. The van der Waals surface area contributed by atoms with E-state index in [9.17, 15) is 5.11 Å². The molecule has 2 fully saturated rings. The average molecular weight is 240 g/mol. The highest BCUT2D eigenvalue weighted by Crippen LogP contribution is 2.34. The summed E-state index contributed by atoms with van der Waals surface area (Å²) in [6, 6.07) is 0. The molecule has 0 radical (unpaired) electrons. The van der Waals surface area contributed by atoms with Crippen molar-refractivity contribution in [2.45, 2.75) is 76.9 Å². The molecule has 1 heterocycles. The third-order valence-electron chi connectivity index (χ3n) is 4.79. The van der Waals surface area contributed by atoms with Crippen LogP contribution in [0.25, 0.3) is 0 Å². The zero-order chi connectivity index (χ0) is 12.1. The third-order valence-corrected chi connectivity index (χ3v) is 4.79. The monoisotopic (exact) mass is 240 g/mol. The van der Waals surface area contributed by atoms with Crippen LogP contribution in [0.1, 0.15) is 64.7 Å². The first-order valence-electron chi connectivity index (χ1n) is 7.59. The van der Waals surface area contributed by atoms with E-state index >= 15 is 0 Å². The van der Waals surface area contributed by atoms with Crippen molar-refractivity contribution in [1.29, 1.82) is 0 Å². The van der Waals surface area contributed by atoms with Crippen molar-refractivity contribution in [3.63, 3.8) is 0 Å². The molecule has 100 valence electrons. The standard InChI is InChI=1S/C15H28O2/c1-2-12-6-8-13(9-7-12)15(16)11-14-5-3-4-10-17-14/h12-16H,2-11H2,1H3. The summed E-state index contributed by atoms with van der Waals surface area (Å²) in [6.07, 6.45) is 11.1. The second kappa shape index (κ2) is 6.75. The molecule has 0 spiro atoms. The first-order valence-corrected chi connectivity index (χ1v) is 7.59. The van der Waals surface area contributed by atoms with Crippen molar-refractivity contribution >= 4 is 0 Å². The Bertz CT molecular complexity index is 203. The second-order valence-electron chi connectivity index (χ2n) is 5.98. The Hall–Kier alpha value is -0.0800. The fraction of sp³-hybridized carbons (Fsp3) is 1.00. The minimum absolute atomic E-state index is 0.115. The molecule has 1 aliphatic heterocycles. The van der Waals surface area contributed by atoms with Crippen LogP contribution in [-0.4, -0.2) is 23.9 Å². The maximum Gasteiger partial charge on any atom is 0.0599 e. The molecule has 1 N–H and O–H groups in total. The number of ether oxygens (including phenoxy) is 1. The number of hydrogen-bond acceptors (Lipinski definition) is 2. The van der Waals surface area contributed by atoms with Crippen LogP contribution in [-0.2, 0) is 4.74 Å². The predicted molar refractivity (Wildman–Crippen MR) is 70.0 cm³/mol. The van der Waals surface area contributed by atoms with Gasteiger partial charge in [-0.15, -0.1) is 0 Å². The summed E-state index contributed by atoms with van der Waals surface area (Å²) < 4.78 is 5.72. The molecule has 2 unspecified atom stereocenters. The van der Waals surface area contributed by atoms with Crippen LogP contribution in [0.15, 0.2) is 0 Å². The van der Waals surface area contributed by atoms with Gasteiger partial charge >= 0.3 is 0 Å². The molecule has 0 amide bonds. The zero-order valence-corrected chi connectivity index (χ0v) is 11.2. The number of rotatable bonds is 4. The average Bonchev–Trinajstić information content (AvgIpc) is 2.40. The largest absolute Gasteiger partial charge is 0.393 e. The molecule has 0 aromatic heterocycles. The summed E-state index contributed by atoms with van der Waals surface area (Å²) >= 11 is 0. The van der Waals surface area contributed by atoms with Gasteiger partial charge in [0.25, 0.3) is 0 Å². The molecule has 0 aromatic carbocycles. The van der Waals surface area contributed by atoms with E-state index in [1.54, 1.807) is 0 Å². The summed E-state index contributed by atoms with van der Waals surface area (Å²) in [5.41, 5.74) is 0. The van der Waals surface area contributed by atoms with E-state index in [0.717, 1.165) is 25.4 Å². The summed E-state index contributed by atoms with van der Waals surface area (Å²) in [4.78, 5) is 0. The maximum absolute atomic E-state index is 10.3. The van der Waals surface area contributed by atoms with Crippen LogP contribution in [0.5, 0.6) is 0 Å². The lowest BCUT2D eigenvalue weighted by Crippen LogP contribution is -2.31. The van der Waals surface area contributed by atoms with Crippen molar-refractivity contribution in [2.24, 2.45) is 11.8 Å². The molecule has 1 aliphatic carbocycles. The van der Waals surface area contributed by atoms with Gasteiger partial charge in [0, 0.05) is 6.61 Å². The van der Waals surface area contributed by atoms with E-state index in [1.807, 2.05) is 0 Å². The molecular formula is C15H28O2. The van der Waals surface area contributed by atoms with Crippen LogP contribution < -0.4 is 0 Å². The first kappa shape index (κ1) is 13.4. The van der Waals surface area contributed by atoms with Gasteiger partial charge in [-0.1, -0.05) is 26.2 Å². The topological polar surface area (TPSA) is 29.5 Å². The van der Waals surface area contributed by atoms with Crippen LogP contribution in [0.3, 0.4) is 0 Å². The lowest BCUT2D eigenvalue weighted by molar-refractivity contribution is -0.0334. The van der Waals surface area contributed by atoms with Crippen molar-refractivity contribution in [3.05, 3.63) is 0 Å². The van der Waals surface area contributed by atoms with Gasteiger partial charge < -0.3 is 9.84 Å². The lowest BCUT2D eigenvalue weighted by atomic mass is 9.77. The fourth-order valence-corrected chi connectivity index (χ4v) is 3.44. The van der Waals surface area contributed by atoms with Gasteiger partial charge in [-0.05, 0) is 50.4 Å². The quantitative estimate of drug-likeness (QED) is 0.814. The van der Waals surface area contributed by atoms with E-state index in [1.165, 1.54) is 44.9 Å². The SMILES string of the molecule is CCC1CCC(C(O)CC2CCCCO2)CC1. The Morgan fingerprint density at radius 1 is 1.12 bits per heavy atom. The molecule has 0 bridgehead atoms. The highest BCUT2D eigenvalue weighted by atomic mass is 16.5. The van der Waals surface area contributed by atoms with Crippen molar-refractivity contribution in [3.8, 4) is 0 Å². The summed E-state index contributed by atoms with van der Waals surface area (Å²) in [5, 5.41) is 10.3. The van der Waals surface area contributed by atoms with E-state index in [0.29, 0.717) is 12.0 Å². The minimum Gasteiger partial charge on any atom is -0.393 e. The van der Waals surface area contributed by atoms with Gasteiger partial charge in [0.05, 0.1) is 12.2 Å². The zero-order valence-electron chi connectivity index (χ0n) is 11.2. The molecule has 2 nitrogen and oxygen atoms in total. The van der Waals surface area contributed by atoms with E-state index in [-0.39, 0.29) is 6.10 Å². The molecular weight excluding hydrogens is 212 g/mol. The Morgan fingerprint density at radius 2 is 1.88 bits per heavy atom. The number of aliphatic hydroxyl groups is 1. The molecule has 0 aromatic rings. The van der Waals surface area contributed by atoms with Gasteiger partial charge in [0.2, 0.25) is 0 Å². The van der Waals surface area contributed by atoms with Crippen molar-refractivity contribution in [1.82, 2.24) is 0 Å². The summed E-state index contributed by atoms with van der Waals surface area (Å²) in [5.74, 6) is 1.47. The minimum atomic E-state index is -0.115. The van der Waals surface area contributed by atoms with Gasteiger partial charge in [-0.2, -0.15) is 0 Å². The smallest absolute Gasteiger partial charge is 0.0599 e. The summed E-state index contributed by atoms with van der Waals surface area (Å²) in [6.45, 7) is 3.19. The van der Waals surface area contributed by atoms with Crippen LogP contribution >= 0.6 is 0 Å². The highest BCUT2D eigenvalue weighted by molar-refractivity contribution is 4.79. The molecule has 1 saturated carbocycles. The highest BCUT2D eigenvalue weighted by Gasteiger charge is 2.28. The lowest BCUT2D eigenvalue weighted by Gasteiger charge is -2.33. The Morgan fingerprint density at radius 3 is 2.47 bits per heavy atom. The normalized spacial score (nSPS) is 36.7. The van der Waals surface area contributed by atoms with Gasteiger partial charge in [0.15, 0.2) is 0 Å². The summed E-state index contributed by atoms with van der Waals surface area (Å²) in [7, 11) is 0. The molecule has 2 atom stereocenters. The molecule has 2 aliphatic rings. The first-order chi connectivity index (χ1) is 8.29.